The monoisotopic (exact) mass is 280 g/mol. The van der Waals surface area contributed by atoms with Crippen molar-refractivity contribution in [1.29, 1.82) is 0 Å². The van der Waals surface area contributed by atoms with E-state index >= 15 is 0 Å². The van der Waals surface area contributed by atoms with Gasteiger partial charge >= 0.3 is 12.1 Å². The maximum atomic E-state index is 12.9. The highest BCUT2D eigenvalue weighted by molar-refractivity contribution is 5.85. The van der Waals surface area contributed by atoms with Gasteiger partial charge in [-0.1, -0.05) is 6.07 Å². The second kappa shape index (κ2) is 5.09. The fraction of sp³-hybridized carbons (Fsp3) is 0.375. The van der Waals surface area contributed by atoms with Crippen LogP contribution in [0.4, 0.5) is 26.3 Å². The van der Waals surface area contributed by atoms with Gasteiger partial charge in [-0.3, -0.25) is 0 Å². The summed E-state index contributed by atoms with van der Waals surface area (Å²) in [5.74, 6) is -6.66. The number of nitrogens with zero attached hydrogens (tertiary/aromatic N) is 1. The lowest BCUT2D eigenvalue weighted by Crippen LogP contribution is -2.46. The molecule has 0 bridgehead atoms. The molecule has 2 nitrogen and oxygen atoms in total. The van der Waals surface area contributed by atoms with Crippen LogP contribution in [-0.4, -0.2) is 17.1 Å². The van der Waals surface area contributed by atoms with Gasteiger partial charge in [-0.25, -0.2) is 4.98 Å². The van der Waals surface area contributed by atoms with Gasteiger partial charge in [0.2, 0.25) is 5.95 Å². The van der Waals surface area contributed by atoms with Crippen molar-refractivity contribution in [2.75, 3.05) is 0 Å². The van der Waals surface area contributed by atoms with Gasteiger partial charge in [-0.2, -0.15) is 26.3 Å². The third kappa shape index (κ3) is 3.01. The lowest BCUT2D eigenvalue weighted by atomic mass is 10.0. The maximum Gasteiger partial charge on any atom is 0.455 e. The van der Waals surface area contributed by atoms with E-state index in [0.29, 0.717) is 0 Å². The summed E-state index contributed by atoms with van der Waals surface area (Å²) in [7, 11) is 0. The van der Waals surface area contributed by atoms with Crippen LogP contribution >= 0.6 is 12.4 Å². The standard InChI is InChI=1S/C8H6F6N2.ClH/c9-6-4(2-1-3-16-6)5(15)7(10,11)8(12,13)14;/h1-3,5H,15H2;1H/t5-;/m1./s1. The summed E-state index contributed by atoms with van der Waals surface area (Å²) in [6.07, 6.45) is -4.92. The molecule has 17 heavy (non-hydrogen) atoms. The zero-order valence-electron chi connectivity index (χ0n) is 8.01. The van der Waals surface area contributed by atoms with Crippen molar-refractivity contribution in [2.45, 2.75) is 18.1 Å². The molecule has 0 aliphatic carbocycles. The maximum absolute atomic E-state index is 12.9. The number of halogens is 7. The van der Waals surface area contributed by atoms with Crippen LogP contribution in [0.5, 0.6) is 0 Å². The first-order chi connectivity index (χ1) is 7.18. The minimum absolute atomic E-state index is 0. The fourth-order valence-electron chi connectivity index (χ4n) is 1.00. The molecule has 1 rings (SSSR count). The minimum atomic E-state index is -5.84. The molecule has 0 spiro atoms. The van der Waals surface area contributed by atoms with E-state index in [1.54, 1.807) is 0 Å². The van der Waals surface area contributed by atoms with Gasteiger partial charge in [0.25, 0.3) is 0 Å². The minimum Gasteiger partial charge on any atom is -0.319 e. The molecule has 1 aromatic heterocycles. The number of hydrogen-bond acceptors (Lipinski definition) is 2. The highest BCUT2D eigenvalue weighted by Crippen LogP contribution is 2.43. The number of pyridine rings is 1. The van der Waals surface area contributed by atoms with Crippen LogP contribution in [0, 0.1) is 5.95 Å². The van der Waals surface area contributed by atoms with E-state index in [9.17, 15) is 26.3 Å². The SMILES string of the molecule is Cl.N[C@H](c1cccnc1F)C(F)(F)C(F)(F)F. The Morgan fingerprint density at radius 3 is 2.12 bits per heavy atom. The summed E-state index contributed by atoms with van der Waals surface area (Å²) < 4.78 is 74.1. The number of rotatable bonds is 2. The van der Waals surface area contributed by atoms with Gasteiger partial charge in [0, 0.05) is 11.8 Å². The average Bonchev–Trinajstić information content (AvgIpc) is 2.15. The summed E-state index contributed by atoms with van der Waals surface area (Å²) in [5.41, 5.74) is 3.73. The average molecular weight is 281 g/mol. The second-order valence-electron chi connectivity index (χ2n) is 2.98. The van der Waals surface area contributed by atoms with Crippen LogP contribution in [-0.2, 0) is 0 Å². The van der Waals surface area contributed by atoms with E-state index in [4.69, 9.17) is 5.73 Å². The number of hydrogen-bond donors (Lipinski definition) is 1. The fourth-order valence-corrected chi connectivity index (χ4v) is 1.00. The van der Waals surface area contributed by atoms with E-state index in [0.717, 1.165) is 18.3 Å². The Morgan fingerprint density at radius 1 is 1.18 bits per heavy atom. The quantitative estimate of drug-likeness (QED) is 0.668. The summed E-state index contributed by atoms with van der Waals surface area (Å²) in [6.45, 7) is 0. The second-order valence-corrected chi connectivity index (χ2v) is 2.98. The molecule has 1 aromatic rings. The van der Waals surface area contributed by atoms with Crippen molar-refractivity contribution < 1.29 is 26.3 Å². The first kappa shape index (κ1) is 16.0. The van der Waals surface area contributed by atoms with Crippen molar-refractivity contribution in [3.05, 3.63) is 29.8 Å². The van der Waals surface area contributed by atoms with E-state index in [2.05, 4.69) is 4.98 Å². The normalized spacial score (nSPS) is 14.1. The summed E-state index contributed by atoms with van der Waals surface area (Å²) in [5, 5.41) is 0. The number of alkyl halides is 5. The summed E-state index contributed by atoms with van der Waals surface area (Å²) in [4.78, 5) is 2.95. The molecule has 0 aromatic carbocycles. The first-order valence-corrected chi connectivity index (χ1v) is 3.98. The lowest BCUT2D eigenvalue weighted by Gasteiger charge is -2.25. The highest BCUT2D eigenvalue weighted by Gasteiger charge is 2.62. The molecular formula is C8H7ClF6N2. The Kier molecular flexibility index (Phi) is 4.79. The smallest absolute Gasteiger partial charge is 0.319 e. The van der Waals surface area contributed by atoms with Crippen molar-refractivity contribution in [3.8, 4) is 0 Å². The third-order valence-corrected chi connectivity index (χ3v) is 1.89. The summed E-state index contributed by atoms with van der Waals surface area (Å²) >= 11 is 0. The molecular weight excluding hydrogens is 274 g/mol. The molecule has 0 saturated heterocycles. The van der Waals surface area contributed by atoms with Gasteiger partial charge < -0.3 is 5.73 Å². The molecule has 98 valence electrons. The van der Waals surface area contributed by atoms with E-state index < -0.39 is 29.7 Å². The molecule has 0 fully saturated rings. The number of nitrogens with two attached hydrogens (primary N) is 1. The van der Waals surface area contributed by atoms with Crippen molar-refractivity contribution >= 4 is 12.4 Å². The van der Waals surface area contributed by atoms with Crippen LogP contribution in [0.3, 0.4) is 0 Å². The van der Waals surface area contributed by atoms with Gasteiger partial charge in [0.15, 0.2) is 0 Å². The topological polar surface area (TPSA) is 38.9 Å². The largest absolute Gasteiger partial charge is 0.455 e. The van der Waals surface area contributed by atoms with E-state index in [1.807, 2.05) is 0 Å². The van der Waals surface area contributed by atoms with Crippen molar-refractivity contribution in [3.63, 3.8) is 0 Å². The molecule has 0 aliphatic heterocycles. The van der Waals surface area contributed by atoms with Crippen LogP contribution < -0.4 is 5.73 Å². The Balaban J connectivity index is 0.00000256. The third-order valence-electron chi connectivity index (χ3n) is 1.89. The van der Waals surface area contributed by atoms with E-state index in [1.165, 1.54) is 0 Å². The first-order valence-electron chi connectivity index (χ1n) is 3.98. The van der Waals surface area contributed by atoms with Gasteiger partial charge in [0.1, 0.15) is 6.04 Å². The van der Waals surface area contributed by atoms with Gasteiger partial charge in [-0.05, 0) is 6.07 Å². The molecule has 0 amide bonds. The van der Waals surface area contributed by atoms with Crippen LogP contribution in [0.15, 0.2) is 18.3 Å². The zero-order chi connectivity index (χ0) is 12.6. The lowest BCUT2D eigenvalue weighted by molar-refractivity contribution is -0.291. The molecule has 0 radical (unpaired) electrons. The predicted molar refractivity (Wildman–Crippen MR) is 49.4 cm³/mol. The molecule has 0 saturated carbocycles. The van der Waals surface area contributed by atoms with Crippen molar-refractivity contribution in [2.24, 2.45) is 5.73 Å². The van der Waals surface area contributed by atoms with Crippen molar-refractivity contribution in [1.82, 2.24) is 4.98 Å². The Bertz CT molecular complexity index is 381. The molecule has 0 aliphatic rings. The van der Waals surface area contributed by atoms with Crippen LogP contribution in [0.25, 0.3) is 0 Å². The zero-order valence-corrected chi connectivity index (χ0v) is 8.83. The Hall–Kier alpha value is -1.02. The predicted octanol–water partition coefficient (Wildman–Crippen LogP) is 2.84. The van der Waals surface area contributed by atoms with Crippen LogP contribution in [0.2, 0.25) is 0 Å². The van der Waals surface area contributed by atoms with E-state index in [-0.39, 0.29) is 12.4 Å². The summed E-state index contributed by atoms with van der Waals surface area (Å²) in [6, 6.07) is -1.07. The molecule has 1 heterocycles. The Morgan fingerprint density at radius 2 is 1.71 bits per heavy atom. The van der Waals surface area contributed by atoms with Gasteiger partial charge in [0.05, 0.1) is 0 Å². The molecule has 9 heteroatoms. The van der Waals surface area contributed by atoms with Crippen LogP contribution in [0.1, 0.15) is 11.6 Å². The molecule has 0 unspecified atom stereocenters. The Labute approximate surface area is 98.2 Å². The van der Waals surface area contributed by atoms with Gasteiger partial charge in [-0.15, -0.1) is 12.4 Å². The molecule has 2 N–H and O–H groups in total. The number of aromatic nitrogens is 1. The highest BCUT2D eigenvalue weighted by atomic mass is 35.5. The molecule has 1 atom stereocenters.